The molecule has 138 valence electrons. The third kappa shape index (κ3) is 4.42. The molecule has 1 aliphatic rings. The zero-order chi connectivity index (χ0) is 18.5. The molecule has 26 heavy (non-hydrogen) atoms. The number of piperazine rings is 1. The molecule has 1 fully saturated rings. The van der Waals surface area contributed by atoms with Gasteiger partial charge < -0.3 is 15.0 Å². The number of methoxy groups -OCH3 is 1. The molecular weight excluding hydrogens is 354 g/mol. The van der Waals surface area contributed by atoms with Gasteiger partial charge in [-0.15, -0.1) is 0 Å². The Morgan fingerprint density at radius 1 is 1.23 bits per heavy atom. The molecule has 8 heteroatoms. The maximum absolute atomic E-state index is 12.4. The Kier molecular flexibility index (Phi) is 5.90. The minimum absolute atomic E-state index is 0.0746. The van der Waals surface area contributed by atoms with E-state index < -0.39 is 0 Å². The van der Waals surface area contributed by atoms with Gasteiger partial charge in [-0.05, 0) is 24.6 Å². The Labute approximate surface area is 157 Å². The van der Waals surface area contributed by atoms with Gasteiger partial charge in [-0.3, -0.25) is 9.69 Å². The number of ether oxygens (including phenoxy) is 1. The lowest BCUT2D eigenvalue weighted by Gasteiger charge is -2.34. The first kappa shape index (κ1) is 18.4. The predicted molar refractivity (Wildman–Crippen MR) is 102 cm³/mol. The quantitative estimate of drug-likeness (QED) is 0.864. The molecule has 1 aliphatic heterocycles. The molecule has 2 heterocycles. The Morgan fingerprint density at radius 2 is 1.92 bits per heavy atom. The third-order valence-electron chi connectivity index (χ3n) is 4.33. The predicted octanol–water partition coefficient (Wildman–Crippen LogP) is 2.21. The highest BCUT2D eigenvalue weighted by Crippen LogP contribution is 2.30. The molecule has 1 amide bonds. The number of aromatic nitrogens is 2. The number of benzene rings is 1. The number of hydrogen-bond acceptors (Lipinski definition) is 6. The molecule has 0 unspecified atom stereocenters. The van der Waals surface area contributed by atoms with Crippen molar-refractivity contribution in [2.24, 2.45) is 0 Å². The lowest BCUT2D eigenvalue weighted by atomic mass is 10.2. The van der Waals surface area contributed by atoms with Crippen molar-refractivity contribution < 1.29 is 9.53 Å². The highest BCUT2D eigenvalue weighted by Gasteiger charge is 2.21. The van der Waals surface area contributed by atoms with Gasteiger partial charge in [0.1, 0.15) is 5.75 Å². The van der Waals surface area contributed by atoms with Crippen LogP contribution in [0.25, 0.3) is 0 Å². The fourth-order valence-electron chi connectivity index (χ4n) is 2.88. The number of amides is 1. The van der Waals surface area contributed by atoms with Gasteiger partial charge in [-0.1, -0.05) is 11.6 Å². The van der Waals surface area contributed by atoms with E-state index in [9.17, 15) is 4.79 Å². The summed E-state index contributed by atoms with van der Waals surface area (Å²) >= 11 is 6.11. The molecule has 1 N–H and O–H groups in total. The summed E-state index contributed by atoms with van der Waals surface area (Å²) in [6.45, 7) is 5.36. The second kappa shape index (κ2) is 8.33. The summed E-state index contributed by atoms with van der Waals surface area (Å²) in [5.74, 6) is 1.22. The van der Waals surface area contributed by atoms with Crippen LogP contribution in [0.15, 0.2) is 30.6 Å². The number of aryl methyl sites for hydroxylation is 1. The number of nitrogens with zero attached hydrogens (tertiary/aromatic N) is 4. The van der Waals surface area contributed by atoms with Crippen LogP contribution in [-0.2, 0) is 4.79 Å². The molecule has 0 atom stereocenters. The summed E-state index contributed by atoms with van der Waals surface area (Å²) < 4.78 is 5.30. The molecule has 2 aromatic rings. The van der Waals surface area contributed by atoms with Crippen LogP contribution in [0.5, 0.6) is 5.75 Å². The first-order chi connectivity index (χ1) is 12.6. The summed E-state index contributed by atoms with van der Waals surface area (Å²) in [6.07, 6.45) is 3.48. The molecule has 0 bridgehead atoms. The normalized spacial score (nSPS) is 15.0. The van der Waals surface area contributed by atoms with E-state index in [1.165, 1.54) is 0 Å². The summed E-state index contributed by atoms with van der Waals surface area (Å²) in [5, 5.41) is 3.53. The number of carbonyl (C=O) groups excluding carboxylic acids is 1. The minimum Gasteiger partial charge on any atom is -0.495 e. The van der Waals surface area contributed by atoms with Gasteiger partial charge in [0.05, 0.1) is 19.3 Å². The number of carbonyl (C=O) groups is 1. The monoisotopic (exact) mass is 375 g/mol. The van der Waals surface area contributed by atoms with Gasteiger partial charge in [0.25, 0.3) is 0 Å². The van der Waals surface area contributed by atoms with Crippen molar-refractivity contribution in [3.8, 4) is 5.75 Å². The van der Waals surface area contributed by atoms with Gasteiger partial charge in [0, 0.05) is 49.7 Å². The van der Waals surface area contributed by atoms with Gasteiger partial charge in [0.15, 0.2) is 0 Å². The van der Waals surface area contributed by atoms with E-state index in [2.05, 4.69) is 25.1 Å². The van der Waals surface area contributed by atoms with Crippen LogP contribution >= 0.6 is 11.6 Å². The summed E-state index contributed by atoms with van der Waals surface area (Å²) in [4.78, 5) is 25.2. The number of nitrogens with one attached hydrogen (secondary N) is 1. The van der Waals surface area contributed by atoms with Crippen molar-refractivity contribution in [2.45, 2.75) is 6.92 Å². The first-order valence-electron chi connectivity index (χ1n) is 8.45. The minimum atomic E-state index is -0.0746. The standard InChI is InChI=1S/C18H22ClN5O2/c1-13-10-15(16(26-2)11-14(13)19)22-17(25)12-23-6-8-24(9-7-23)18-20-4-3-5-21-18/h3-5,10-11H,6-9,12H2,1-2H3,(H,22,25). The van der Waals surface area contributed by atoms with Crippen molar-refractivity contribution in [1.29, 1.82) is 0 Å². The van der Waals surface area contributed by atoms with Crippen LogP contribution in [0.3, 0.4) is 0 Å². The van der Waals surface area contributed by atoms with E-state index in [1.807, 2.05) is 13.0 Å². The lowest BCUT2D eigenvalue weighted by Crippen LogP contribution is -2.49. The summed E-state index contributed by atoms with van der Waals surface area (Å²) in [7, 11) is 1.56. The van der Waals surface area contributed by atoms with E-state index in [0.29, 0.717) is 23.0 Å². The SMILES string of the molecule is COc1cc(Cl)c(C)cc1NC(=O)CN1CCN(c2ncccn2)CC1. The molecule has 0 spiro atoms. The number of anilines is 2. The largest absolute Gasteiger partial charge is 0.495 e. The molecule has 0 aliphatic carbocycles. The van der Waals surface area contributed by atoms with Crippen LogP contribution in [-0.4, -0.2) is 60.6 Å². The van der Waals surface area contributed by atoms with Gasteiger partial charge in [-0.2, -0.15) is 0 Å². The van der Waals surface area contributed by atoms with Crippen LogP contribution in [0, 0.1) is 6.92 Å². The number of hydrogen-bond donors (Lipinski definition) is 1. The van der Waals surface area contributed by atoms with Crippen molar-refractivity contribution in [3.05, 3.63) is 41.2 Å². The van der Waals surface area contributed by atoms with E-state index in [4.69, 9.17) is 16.3 Å². The third-order valence-corrected chi connectivity index (χ3v) is 4.74. The van der Waals surface area contributed by atoms with Crippen molar-refractivity contribution in [1.82, 2.24) is 14.9 Å². The molecule has 1 saturated heterocycles. The van der Waals surface area contributed by atoms with Crippen molar-refractivity contribution in [3.63, 3.8) is 0 Å². The fourth-order valence-corrected chi connectivity index (χ4v) is 3.04. The molecular formula is C18H22ClN5O2. The summed E-state index contributed by atoms with van der Waals surface area (Å²) in [6, 6.07) is 5.34. The number of rotatable bonds is 5. The first-order valence-corrected chi connectivity index (χ1v) is 8.83. The van der Waals surface area contributed by atoms with Gasteiger partial charge in [0.2, 0.25) is 11.9 Å². The van der Waals surface area contributed by atoms with Gasteiger partial charge >= 0.3 is 0 Å². The fraction of sp³-hybridized carbons (Fsp3) is 0.389. The highest BCUT2D eigenvalue weighted by atomic mass is 35.5. The van der Waals surface area contributed by atoms with E-state index >= 15 is 0 Å². The molecule has 1 aromatic carbocycles. The Hall–Kier alpha value is -2.38. The lowest BCUT2D eigenvalue weighted by molar-refractivity contribution is -0.117. The van der Waals surface area contributed by atoms with Crippen molar-refractivity contribution in [2.75, 3.05) is 50.1 Å². The molecule has 1 aromatic heterocycles. The second-order valence-electron chi connectivity index (χ2n) is 6.16. The summed E-state index contributed by atoms with van der Waals surface area (Å²) in [5.41, 5.74) is 1.52. The molecule has 3 rings (SSSR count). The maximum Gasteiger partial charge on any atom is 0.238 e. The number of halogens is 1. The van der Waals surface area contributed by atoms with E-state index in [1.54, 1.807) is 31.6 Å². The average Bonchev–Trinajstić information content (AvgIpc) is 2.66. The zero-order valence-corrected chi connectivity index (χ0v) is 15.7. The van der Waals surface area contributed by atoms with E-state index in [0.717, 1.165) is 37.7 Å². The van der Waals surface area contributed by atoms with Gasteiger partial charge in [-0.25, -0.2) is 9.97 Å². The Balaban J connectivity index is 1.54. The molecule has 0 radical (unpaired) electrons. The van der Waals surface area contributed by atoms with Crippen LogP contribution in [0.4, 0.5) is 11.6 Å². The van der Waals surface area contributed by atoms with Crippen LogP contribution in [0.2, 0.25) is 5.02 Å². The molecule has 7 nitrogen and oxygen atoms in total. The van der Waals surface area contributed by atoms with Crippen molar-refractivity contribution >= 4 is 29.1 Å². The Bertz CT molecular complexity index is 764. The zero-order valence-electron chi connectivity index (χ0n) is 14.9. The van der Waals surface area contributed by atoms with Crippen LogP contribution < -0.4 is 15.0 Å². The topological polar surface area (TPSA) is 70.6 Å². The smallest absolute Gasteiger partial charge is 0.238 e. The second-order valence-corrected chi connectivity index (χ2v) is 6.57. The average molecular weight is 376 g/mol. The van der Waals surface area contributed by atoms with E-state index in [-0.39, 0.29) is 5.91 Å². The van der Waals surface area contributed by atoms with Crippen LogP contribution in [0.1, 0.15) is 5.56 Å². The Morgan fingerprint density at radius 3 is 2.58 bits per heavy atom. The highest BCUT2D eigenvalue weighted by molar-refractivity contribution is 6.31. The molecule has 0 saturated carbocycles. The maximum atomic E-state index is 12.4.